The van der Waals surface area contributed by atoms with Crippen LogP contribution in [0.3, 0.4) is 0 Å². The van der Waals surface area contributed by atoms with Gasteiger partial charge in [-0.05, 0) is 24.3 Å². The summed E-state index contributed by atoms with van der Waals surface area (Å²) in [6, 6.07) is 8.50. The predicted molar refractivity (Wildman–Crippen MR) is 84.8 cm³/mol. The van der Waals surface area contributed by atoms with Gasteiger partial charge in [0.05, 0.1) is 14.2 Å². The SMILES string of the molecule is COc1cc(O)cc(C2Oc3c(OC)cc(C=O)cc3C2C)c1. The fourth-order valence-corrected chi connectivity index (χ4v) is 2.97. The van der Waals surface area contributed by atoms with Gasteiger partial charge in [0, 0.05) is 28.7 Å². The fourth-order valence-electron chi connectivity index (χ4n) is 2.97. The zero-order chi connectivity index (χ0) is 16.6. The Bertz CT molecular complexity index is 753. The lowest BCUT2D eigenvalue weighted by molar-refractivity contribution is 0.112. The second-order valence-electron chi connectivity index (χ2n) is 5.55. The van der Waals surface area contributed by atoms with Gasteiger partial charge in [-0.2, -0.15) is 0 Å². The normalized spacial score (nSPS) is 18.9. The monoisotopic (exact) mass is 314 g/mol. The van der Waals surface area contributed by atoms with Crippen molar-refractivity contribution in [3.05, 3.63) is 47.0 Å². The van der Waals surface area contributed by atoms with Gasteiger partial charge in [-0.3, -0.25) is 4.79 Å². The molecule has 5 heteroatoms. The van der Waals surface area contributed by atoms with E-state index in [1.165, 1.54) is 0 Å². The number of hydrogen-bond acceptors (Lipinski definition) is 5. The van der Waals surface area contributed by atoms with Gasteiger partial charge in [-0.1, -0.05) is 6.92 Å². The molecule has 0 radical (unpaired) electrons. The zero-order valence-corrected chi connectivity index (χ0v) is 13.2. The van der Waals surface area contributed by atoms with Gasteiger partial charge in [0.2, 0.25) is 0 Å². The van der Waals surface area contributed by atoms with E-state index < -0.39 is 0 Å². The number of benzene rings is 2. The minimum atomic E-state index is -0.290. The third-order valence-corrected chi connectivity index (χ3v) is 4.13. The Morgan fingerprint density at radius 1 is 1.13 bits per heavy atom. The molecule has 1 N–H and O–H groups in total. The molecule has 1 aliphatic rings. The van der Waals surface area contributed by atoms with Gasteiger partial charge in [-0.25, -0.2) is 0 Å². The first kappa shape index (κ1) is 15.2. The van der Waals surface area contributed by atoms with Crippen LogP contribution in [0.1, 0.15) is 40.4 Å². The van der Waals surface area contributed by atoms with Crippen LogP contribution in [0.4, 0.5) is 0 Å². The molecule has 3 rings (SSSR count). The Morgan fingerprint density at radius 2 is 1.91 bits per heavy atom. The molecule has 2 aromatic carbocycles. The average Bonchev–Trinajstić information content (AvgIpc) is 2.90. The van der Waals surface area contributed by atoms with E-state index in [1.807, 2.05) is 19.1 Å². The molecule has 0 aliphatic carbocycles. The van der Waals surface area contributed by atoms with E-state index in [0.29, 0.717) is 22.8 Å². The molecular weight excluding hydrogens is 296 g/mol. The molecule has 0 aromatic heterocycles. The van der Waals surface area contributed by atoms with Crippen molar-refractivity contribution in [2.45, 2.75) is 18.9 Å². The van der Waals surface area contributed by atoms with E-state index in [1.54, 1.807) is 32.4 Å². The number of phenols is 1. The highest BCUT2D eigenvalue weighted by atomic mass is 16.5. The van der Waals surface area contributed by atoms with Crippen molar-refractivity contribution in [3.63, 3.8) is 0 Å². The summed E-state index contributed by atoms with van der Waals surface area (Å²) in [5, 5.41) is 9.86. The number of carbonyl (C=O) groups is 1. The number of aldehydes is 1. The van der Waals surface area contributed by atoms with Gasteiger partial charge in [-0.15, -0.1) is 0 Å². The van der Waals surface area contributed by atoms with E-state index in [0.717, 1.165) is 17.4 Å². The van der Waals surface area contributed by atoms with Crippen molar-refractivity contribution in [3.8, 4) is 23.0 Å². The number of methoxy groups -OCH3 is 2. The largest absolute Gasteiger partial charge is 0.508 e. The van der Waals surface area contributed by atoms with Gasteiger partial charge < -0.3 is 19.3 Å². The predicted octanol–water partition coefficient (Wildman–Crippen LogP) is 3.46. The molecule has 0 saturated carbocycles. The molecular formula is C18H18O5. The molecule has 0 spiro atoms. The van der Waals surface area contributed by atoms with E-state index in [9.17, 15) is 9.90 Å². The van der Waals surface area contributed by atoms with Crippen molar-refractivity contribution in [2.24, 2.45) is 0 Å². The molecule has 0 fully saturated rings. The molecule has 120 valence electrons. The van der Waals surface area contributed by atoms with Crippen LogP contribution in [-0.4, -0.2) is 25.6 Å². The van der Waals surface area contributed by atoms with Crippen LogP contribution in [0.25, 0.3) is 0 Å². The maximum absolute atomic E-state index is 11.1. The van der Waals surface area contributed by atoms with E-state index >= 15 is 0 Å². The van der Waals surface area contributed by atoms with Gasteiger partial charge in [0.25, 0.3) is 0 Å². The lowest BCUT2D eigenvalue weighted by atomic mass is 9.91. The molecule has 2 aromatic rings. The van der Waals surface area contributed by atoms with Crippen LogP contribution in [0.5, 0.6) is 23.0 Å². The van der Waals surface area contributed by atoms with Gasteiger partial charge in [0.15, 0.2) is 11.5 Å². The van der Waals surface area contributed by atoms with Gasteiger partial charge >= 0.3 is 0 Å². The lowest BCUT2D eigenvalue weighted by Gasteiger charge is -2.17. The van der Waals surface area contributed by atoms with Crippen molar-refractivity contribution in [1.82, 2.24) is 0 Å². The Morgan fingerprint density at radius 3 is 2.57 bits per heavy atom. The molecule has 2 atom stereocenters. The highest BCUT2D eigenvalue weighted by Crippen LogP contribution is 2.51. The molecule has 0 bridgehead atoms. The molecule has 0 amide bonds. The summed E-state index contributed by atoms with van der Waals surface area (Å²) < 4.78 is 16.6. The number of aromatic hydroxyl groups is 1. The summed E-state index contributed by atoms with van der Waals surface area (Å²) >= 11 is 0. The summed E-state index contributed by atoms with van der Waals surface area (Å²) in [7, 11) is 3.09. The third kappa shape index (κ3) is 2.59. The summed E-state index contributed by atoms with van der Waals surface area (Å²) in [5.41, 5.74) is 2.27. The Balaban J connectivity index is 2.05. The topological polar surface area (TPSA) is 65.0 Å². The molecule has 1 heterocycles. The van der Waals surface area contributed by atoms with Crippen LogP contribution < -0.4 is 14.2 Å². The number of phenolic OH excluding ortho intramolecular Hbond substituents is 1. The average molecular weight is 314 g/mol. The van der Waals surface area contributed by atoms with Crippen LogP contribution in [0.15, 0.2) is 30.3 Å². The van der Waals surface area contributed by atoms with Crippen molar-refractivity contribution in [2.75, 3.05) is 14.2 Å². The first-order valence-corrected chi connectivity index (χ1v) is 7.29. The maximum atomic E-state index is 11.1. The molecule has 0 saturated heterocycles. The second-order valence-corrected chi connectivity index (χ2v) is 5.55. The Kier molecular flexibility index (Phi) is 3.86. The molecule has 23 heavy (non-hydrogen) atoms. The lowest BCUT2D eigenvalue weighted by Crippen LogP contribution is -2.07. The van der Waals surface area contributed by atoms with E-state index in [4.69, 9.17) is 14.2 Å². The summed E-state index contributed by atoms with van der Waals surface area (Å²) in [6.07, 6.45) is 0.502. The Hall–Kier alpha value is -2.69. The number of ether oxygens (including phenoxy) is 3. The first-order chi connectivity index (χ1) is 11.1. The summed E-state index contributed by atoms with van der Waals surface area (Å²) in [5.74, 6) is 1.85. The highest BCUT2D eigenvalue weighted by Gasteiger charge is 2.35. The van der Waals surface area contributed by atoms with Crippen LogP contribution in [0, 0.1) is 0 Å². The maximum Gasteiger partial charge on any atom is 0.165 e. The highest BCUT2D eigenvalue weighted by molar-refractivity contribution is 5.78. The van der Waals surface area contributed by atoms with Crippen molar-refractivity contribution >= 4 is 6.29 Å². The number of fused-ring (bicyclic) bond motifs is 1. The third-order valence-electron chi connectivity index (χ3n) is 4.13. The standard InChI is InChI=1S/C18H18O5/c1-10-15-4-11(9-19)5-16(22-3)18(15)23-17(10)12-6-13(20)8-14(7-12)21-2/h4-10,17,20H,1-3H3. The summed E-state index contributed by atoms with van der Waals surface area (Å²) in [4.78, 5) is 11.1. The molecule has 1 aliphatic heterocycles. The second kappa shape index (κ2) is 5.83. The summed E-state index contributed by atoms with van der Waals surface area (Å²) in [6.45, 7) is 2.01. The Labute approximate surface area is 134 Å². The molecule has 5 nitrogen and oxygen atoms in total. The fraction of sp³-hybridized carbons (Fsp3) is 0.278. The minimum Gasteiger partial charge on any atom is -0.508 e. The van der Waals surface area contributed by atoms with E-state index in [2.05, 4.69) is 0 Å². The first-order valence-electron chi connectivity index (χ1n) is 7.29. The van der Waals surface area contributed by atoms with E-state index in [-0.39, 0.29) is 17.8 Å². The quantitative estimate of drug-likeness (QED) is 0.876. The number of hydrogen-bond donors (Lipinski definition) is 1. The van der Waals surface area contributed by atoms with Crippen molar-refractivity contribution in [1.29, 1.82) is 0 Å². The van der Waals surface area contributed by atoms with Crippen molar-refractivity contribution < 1.29 is 24.1 Å². The zero-order valence-electron chi connectivity index (χ0n) is 13.2. The number of carbonyl (C=O) groups excluding carboxylic acids is 1. The van der Waals surface area contributed by atoms with Crippen LogP contribution >= 0.6 is 0 Å². The molecule has 2 unspecified atom stereocenters. The van der Waals surface area contributed by atoms with Crippen LogP contribution in [0.2, 0.25) is 0 Å². The number of rotatable bonds is 4. The van der Waals surface area contributed by atoms with Crippen LogP contribution in [-0.2, 0) is 0 Å². The smallest absolute Gasteiger partial charge is 0.165 e. The minimum absolute atomic E-state index is 0.00491. The van der Waals surface area contributed by atoms with Gasteiger partial charge in [0.1, 0.15) is 23.9 Å².